The summed E-state index contributed by atoms with van der Waals surface area (Å²) in [7, 11) is 0. The van der Waals surface area contributed by atoms with Crippen molar-refractivity contribution in [3.05, 3.63) is 52.2 Å². The molecule has 0 saturated carbocycles. The Bertz CT molecular complexity index is 648. The van der Waals surface area contributed by atoms with Crippen molar-refractivity contribution in [3.8, 4) is 11.6 Å². The number of hydrogen-bond acceptors (Lipinski definition) is 3. The second kappa shape index (κ2) is 6.04. The molecule has 0 aliphatic carbocycles. The van der Waals surface area contributed by atoms with Crippen LogP contribution < -0.4 is 4.74 Å². The molecule has 0 fully saturated rings. The molecule has 21 heavy (non-hydrogen) atoms. The number of aliphatic hydroxyl groups excluding tert-OH is 1. The van der Waals surface area contributed by atoms with Crippen LogP contribution in [0.15, 0.2) is 30.5 Å². The fraction of sp³-hybridized carbons (Fsp3) is 0.353. The van der Waals surface area contributed by atoms with E-state index in [9.17, 15) is 5.11 Å². The summed E-state index contributed by atoms with van der Waals surface area (Å²) in [6.45, 7) is 8.34. The van der Waals surface area contributed by atoms with Gasteiger partial charge in [0.25, 0.3) is 0 Å². The molecule has 0 bridgehead atoms. The lowest BCUT2D eigenvalue weighted by Crippen LogP contribution is -2.13. The summed E-state index contributed by atoms with van der Waals surface area (Å²) < 4.78 is 5.91. The maximum absolute atomic E-state index is 9.26. The molecule has 2 aromatic rings. The molecular formula is C17H20ClNO2. The van der Waals surface area contributed by atoms with E-state index in [0.29, 0.717) is 16.5 Å². The lowest BCUT2D eigenvalue weighted by atomic mass is 9.85. The molecule has 0 aliphatic heterocycles. The van der Waals surface area contributed by atoms with Gasteiger partial charge in [-0.3, -0.25) is 0 Å². The number of pyridine rings is 1. The molecule has 0 unspecified atom stereocenters. The van der Waals surface area contributed by atoms with Crippen molar-refractivity contribution >= 4 is 11.6 Å². The number of aryl methyl sites for hydroxylation is 1. The van der Waals surface area contributed by atoms with Gasteiger partial charge in [-0.2, -0.15) is 0 Å². The molecule has 0 aliphatic rings. The average molecular weight is 306 g/mol. The molecule has 3 nitrogen and oxygen atoms in total. The van der Waals surface area contributed by atoms with Crippen molar-refractivity contribution in [3.63, 3.8) is 0 Å². The monoisotopic (exact) mass is 305 g/mol. The van der Waals surface area contributed by atoms with Crippen molar-refractivity contribution in [2.45, 2.75) is 39.7 Å². The first-order valence-corrected chi connectivity index (χ1v) is 7.23. The van der Waals surface area contributed by atoms with E-state index in [2.05, 4.69) is 38.7 Å². The first-order chi connectivity index (χ1) is 9.81. The normalized spacial score (nSPS) is 11.5. The van der Waals surface area contributed by atoms with Crippen molar-refractivity contribution in [1.82, 2.24) is 4.98 Å². The van der Waals surface area contributed by atoms with E-state index in [4.69, 9.17) is 16.3 Å². The van der Waals surface area contributed by atoms with Crippen LogP contribution in [0.3, 0.4) is 0 Å². The predicted molar refractivity (Wildman–Crippen MR) is 85.1 cm³/mol. The molecule has 2 rings (SSSR count). The van der Waals surface area contributed by atoms with Crippen LogP contribution in [0.1, 0.15) is 37.5 Å². The Morgan fingerprint density at radius 2 is 1.95 bits per heavy atom. The van der Waals surface area contributed by atoms with Gasteiger partial charge in [-0.25, -0.2) is 4.98 Å². The first-order valence-electron chi connectivity index (χ1n) is 6.85. The Morgan fingerprint density at radius 3 is 2.57 bits per heavy atom. The van der Waals surface area contributed by atoms with Gasteiger partial charge in [-0.1, -0.05) is 50.1 Å². The van der Waals surface area contributed by atoms with Crippen LogP contribution in [0, 0.1) is 6.92 Å². The largest absolute Gasteiger partial charge is 0.439 e. The highest BCUT2D eigenvalue weighted by Crippen LogP contribution is 2.35. The number of nitrogens with zero attached hydrogens (tertiary/aromatic N) is 1. The lowest BCUT2D eigenvalue weighted by Gasteiger charge is -2.23. The average Bonchev–Trinajstić information content (AvgIpc) is 2.41. The van der Waals surface area contributed by atoms with Crippen LogP contribution in [0.5, 0.6) is 11.6 Å². The van der Waals surface area contributed by atoms with E-state index in [1.165, 1.54) is 11.8 Å². The van der Waals surface area contributed by atoms with Crippen LogP contribution in [0.2, 0.25) is 5.02 Å². The number of hydrogen-bond donors (Lipinski definition) is 1. The Kier molecular flexibility index (Phi) is 4.55. The SMILES string of the molecule is Cc1ccc(Oc2cc(CO)c(Cl)cn2)c(C(C)(C)C)c1. The summed E-state index contributed by atoms with van der Waals surface area (Å²) in [5.41, 5.74) is 2.87. The zero-order chi connectivity index (χ0) is 15.6. The van der Waals surface area contributed by atoms with Crippen LogP contribution in [0.25, 0.3) is 0 Å². The van der Waals surface area contributed by atoms with Crippen molar-refractivity contribution in [2.24, 2.45) is 0 Å². The van der Waals surface area contributed by atoms with E-state index >= 15 is 0 Å². The van der Waals surface area contributed by atoms with E-state index in [1.807, 2.05) is 12.1 Å². The second-order valence-corrected chi connectivity index (χ2v) is 6.53. The number of aromatic nitrogens is 1. The highest BCUT2D eigenvalue weighted by molar-refractivity contribution is 6.31. The number of benzene rings is 1. The fourth-order valence-electron chi connectivity index (χ4n) is 2.07. The topological polar surface area (TPSA) is 42.4 Å². The highest BCUT2D eigenvalue weighted by atomic mass is 35.5. The van der Waals surface area contributed by atoms with Gasteiger partial charge in [-0.05, 0) is 18.4 Å². The zero-order valence-corrected chi connectivity index (χ0v) is 13.5. The van der Waals surface area contributed by atoms with Gasteiger partial charge in [0, 0.05) is 23.4 Å². The molecular weight excluding hydrogens is 286 g/mol. The van der Waals surface area contributed by atoms with Gasteiger partial charge in [0.15, 0.2) is 0 Å². The molecule has 1 heterocycles. The maximum atomic E-state index is 9.26. The standard InChI is InChI=1S/C17H20ClNO2/c1-11-5-6-15(13(7-11)17(2,3)4)21-16-8-12(10-20)14(18)9-19-16/h5-9,20H,10H2,1-4H3. The van der Waals surface area contributed by atoms with Crippen molar-refractivity contribution < 1.29 is 9.84 Å². The minimum Gasteiger partial charge on any atom is -0.439 e. The fourth-order valence-corrected chi connectivity index (χ4v) is 2.23. The van der Waals surface area contributed by atoms with Gasteiger partial charge in [0.05, 0.1) is 11.6 Å². The minimum absolute atomic E-state index is 0.0341. The van der Waals surface area contributed by atoms with E-state index < -0.39 is 0 Å². The lowest BCUT2D eigenvalue weighted by molar-refractivity contribution is 0.281. The third-order valence-corrected chi connectivity index (χ3v) is 3.58. The van der Waals surface area contributed by atoms with Crippen LogP contribution in [-0.2, 0) is 12.0 Å². The number of halogens is 1. The first kappa shape index (κ1) is 15.8. The van der Waals surface area contributed by atoms with Crippen LogP contribution >= 0.6 is 11.6 Å². The Labute approximate surface area is 130 Å². The second-order valence-electron chi connectivity index (χ2n) is 6.12. The molecule has 0 atom stereocenters. The van der Waals surface area contributed by atoms with Gasteiger partial charge >= 0.3 is 0 Å². The molecule has 0 saturated heterocycles. The summed E-state index contributed by atoms with van der Waals surface area (Å²) in [6.07, 6.45) is 1.49. The Hall–Kier alpha value is -1.58. The molecule has 0 amide bonds. The third kappa shape index (κ3) is 3.74. The van der Waals surface area contributed by atoms with Crippen molar-refractivity contribution in [2.75, 3.05) is 0 Å². The number of ether oxygens (including phenoxy) is 1. The number of aliphatic hydroxyl groups is 1. The summed E-state index contributed by atoms with van der Waals surface area (Å²) in [5, 5.41) is 9.70. The van der Waals surface area contributed by atoms with Gasteiger partial charge in [0.1, 0.15) is 5.75 Å². The summed E-state index contributed by atoms with van der Waals surface area (Å²) in [4.78, 5) is 4.16. The third-order valence-electron chi connectivity index (χ3n) is 3.24. The summed E-state index contributed by atoms with van der Waals surface area (Å²) >= 11 is 5.95. The molecule has 1 aromatic heterocycles. The molecule has 1 aromatic carbocycles. The van der Waals surface area contributed by atoms with Gasteiger partial charge in [-0.15, -0.1) is 0 Å². The zero-order valence-electron chi connectivity index (χ0n) is 12.8. The molecule has 0 spiro atoms. The molecule has 112 valence electrons. The van der Waals surface area contributed by atoms with Gasteiger partial charge < -0.3 is 9.84 Å². The smallest absolute Gasteiger partial charge is 0.219 e. The van der Waals surface area contributed by atoms with Gasteiger partial charge in [0.2, 0.25) is 5.88 Å². The minimum atomic E-state index is -0.141. The summed E-state index contributed by atoms with van der Waals surface area (Å²) in [5.74, 6) is 1.20. The van der Waals surface area contributed by atoms with E-state index in [-0.39, 0.29) is 12.0 Å². The molecule has 1 N–H and O–H groups in total. The highest BCUT2D eigenvalue weighted by Gasteiger charge is 2.20. The predicted octanol–water partition coefficient (Wildman–Crippen LogP) is 4.63. The molecule has 4 heteroatoms. The Morgan fingerprint density at radius 1 is 1.24 bits per heavy atom. The maximum Gasteiger partial charge on any atom is 0.219 e. The quantitative estimate of drug-likeness (QED) is 0.899. The Balaban J connectivity index is 2.40. The number of rotatable bonds is 3. The molecule has 0 radical (unpaired) electrons. The summed E-state index contributed by atoms with van der Waals surface area (Å²) in [6, 6.07) is 7.74. The van der Waals surface area contributed by atoms with Crippen LogP contribution in [0.4, 0.5) is 0 Å². The van der Waals surface area contributed by atoms with Crippen LogP contribution in [-0.4, -0.2) is 10.1 Å². The van der Waals surface area contributed by atoms with Crippen molar-refractivity contribution in [1.29, 1.82) is 0 Å². The van der Waals surface area contributed by atoms with E-state index in [0.717, 1.165) is 11.3 Å². The van der Waals surface area contributed by atoms with E-state index in [1.54, 1.807) is 6.07 Å².